The number of carbonyl (C=O) groups is 1. The summed E-state index contributed by atoms with van der Waals surface area (Å²) in [4.78, 5) is 22.2. The first-order valence-corrected chi connectivity index (χ1v) is 6.22. The van der Waals surface area contributed by atoms with E-state index in [0.29, 0.717) is 22.7 Å². The Hall–Kier alpha value is -2.89. The summed E-state index contributed by atoms with van der Waals surface area (Å²) in [6, 6.07) is 11.4. The molecule has 0 saturated heterocycles. The minimum Gasteiger partial charge on any atom is -0.496 e. The molecular weight excluding hydrogens is 272 g/mol. The first-order valence-electron chi connectivity index (χ1n) is 6.22. The predicted molar refractivity (Wildman–Crippen MR) is 79.4 cm³/mol. The normalized spacial score (nSPS) is 10.0. The van der Waals surface area contributed by atoms with Gasteiger partial charge >= 0.3 is 0 Å². The van der Waals surface area contributed by atoms with E-state index >= 15 is 0 Å². The summed E-state index contributed by atoms with van der Waals surface area (Å²) in [6.07, 6.45) is 0. The third-order valence-corrected chi connectivity index (χ3v) is 2.98. The quantitative estimate of drug-likeness (QED) is 0.516. The van der Waals surface area contributed by atoms with Gasteiger partial charge in [0.15, 0.2) is 5.78 Å². The Morgan fingerprint density at radius 3 is 2.52 bits per heavy atom. The predicted octanol–water partition coefficient (Wildman–Crippen LogP) is 3.55. The van der Waals surface area contributed by atoms with E-state index in [4.69, 9.17) is 4.74 Å². The van der Waals surface area contributed by atoms with Gasteiger partial charge in [-0.15, -0.1) is 0 Å². The summed E-state index contributed by atoms with van der Waals surface area (Å²) in [5.41, 5.74) is 1.18. The van der Waals surface area contributed by atoms with Gasteiger partial charge in [-0.05, 0) is 31.2 Å². The smallest absolute Gasteiger partial charge is 0.296 e. The van der Waals surface area contributed by atoms with Crippen LogP contribution in [0.4, 0.5) is 17.1 Å². The number of nitro groups is 1. The number of methoxy groups -OCH3 is 1. The molecule has 2 rings (SSSR count). The molecule has 0 unspecified atom stereocenters. The molecule has 0 aliphatic heterocycles. The van der Waals surface area contributed by atoms with Crippen molar-refractivity contribution in [1.29, 1.82) is 0 Å². The molecule has 0 bridgehead atoms. The molecule has 0 spiro atoms. The average molecular weight is 286 g/mol. The first-order chi connectivity index (χ1) is 10.0. The van der Waals surface area contributed by atoms with Gasteiger partial charge in [0, 0.05) is 11.3 Å². The van der Waals surface area contributed by atoms with Crippen molar-refractivity contribution in [1.82, 2.24) is 0 Å². The maximum atomic E-state index is 11.6. The number of ether oxygens (including phenoxy) is 1. The standard InChI is InChI=1S/C15H14N2O4/c1-10(18)12-5-3-4-6-13(12)16-14-8-7-11(21-2)9-15(14)17(19)20/h3-9,16H,1-2H3. The van der Waals surface area contributed by atoms with Crippen molar-refractivity contribution in [2.24, 2.45) is 0 Å². The molecule has 0 atom stereocenters. The summed E-state index contributed by atoms with van der Waals surface area (Å²) >= 11 is 0. The molecule has 0 aromatic heterocycles. The number of hydrogen-bond donors (Lipinski definition) is 1. The lowest BCUT2D eigenvalue weighted by atomic mass is 10.1. The Bertz CT molecular complexity index is 698. The van der Waals surface area contributed by atoms with E-state index < -0.39 is 4.92 Å². The highest BCUT2D eigenvalue weighted by molar-refractivity contribution is 6.00. The number of para-hydroxylation sites is 1. The molecule has 0 radical (unpaired) electrons. The van der Waals surface area contributed by atoms with Gasteiger partial charge < -0.3 is 10.1 Å². The number of ketones is 1. The largest absolute Gasteiger partial charge is 0.496 e. The molecule has 0 aliphatic rings. The van der Waals surface area contributed by atoms with Crippen LogP contribution in [0.5, 0.6) is 5.75 Å². The van der Waals surface area contributed by atoms with Crippen molar-refractivity contribution in [3.8, 4) is 5.75 Å². The second kappa shape index (κ2) is 6.04. The van der Waals surface area contributed by atoms with Crippen LogP contribution in [0.2, 0.25) is 0 Å². The molecule has 6 heteroatoms. The molecule has 2 aromatic rings. The highest BCUT2D eigenvalue weighted by Gasteiger charge is 2.16. The second-order valence-corrected chi connectivity index (χ2v) is 4.37. The SMILES string of the molecule is COc1ccc(Nc2ccccc2C(C)=O)c([N+](=O)[O-])c1. The Balaban J connectivity index is 2.45. The molecule has 108 valence electrons. The molecule has 6 nitrogen and oxygen atoms in total. The zero-order valence-electron chi connectivity index (χ0n) is 11.6. The Kier molecular flexibility index (Phi) is 4.18. The van der Waals surface area contributed by atoms with Crippen molar-refractivity contribution in [3.63, 3.8) is 0 Å². The van der Waals surface area contributed by atoms with Gasteiger partial charge in [0.2, 0.25) is 0 Å². The van der Waals surface area contributed by atoms with Gasteiger partial charge in [0.25, 0.3) is 5.69 Å². The maximum absolute atomic E-state index is 11.6. The van der Waals surface area contributed by atoms with Crippen LogP contribution < -0.4 is 10.1 Å². The van der Waals surface area contributed by atoms with Crippen molar-refractivity contribution < 1.29 is 14.5 Å². The number of hydrogen-bond acceptors (Lipinski definition) is 5. The summed E-state index contributed by atoms with van der Waals surface area (Å²) in [7, 11) is 1.44. The van der Waals surface area contributed by atoms with Crippen LogP contribution in [0.3, 0.4) is 0 Å². The van der Waals surface area contributed by atoms with E-state index in [9.17, 15) is 14.9 Å². The van der Waals surface area contributed by atoms with Gasteiger partial charge in [0.05, 0.1) is 18.1 Å². The molecule has 0 fully saturated rings. The van der Waals surface area contributed by atoms with Crippen molar-refractivity contribution in [2.75, 3.05) is 12.4 Å². The number of nitrogens with one attached hydrogen (secondary N) is 1. The van der Waals surface area contributed by atoms with E-state index in [1.807, 2.05) is 0 Å². The average Bonchev–Trinajstić information content (AvgIpc) is 2.47. The van der Waals surface area contributed by atoms with E-state index in [-0.39, 0.29) is 11.5 Å². The number of rotatable bonds is 5. The van der Waals surface area contributed by atoms with Crippen molar-refractivity contribution in [3.05, 3.63) is 58.1 Å². The van der Waals surface area contributed by atoms with Gasteiger partial charge in [-0.1, -0.05) is 12.1 Å². The fourth-order valence-electron chi connectivity index (χ4n) is 1.94. The summed E-state index contributed by atoms with van der Waals surface area (Å²) < 4.78 is 4.99. The Labute approximate surface area is 121 Å². The molecule has 0 aliphatic carbocycles. The summed E-state index contributed by atoms with van der Waals surface area (Å²) in [5.74, 6) is 0.279. The van der Waals surface area contributed by atoms with Gasteiger partial charge in [-0.25, -0.2) is 0 Å². The number of nitrogens with zero attached hydrogens (tertiary/aromatic N) is 1. The van der Waals surface area contributed by atoms with Crippen LogP contribution in [-0.4, -0.2) is 17.8 Å². The lowest BCUT2D eigenvalue weighted by molar-refractivity contribution is -0.384. The zero-order chi connectivity index (χ0) is 15.4. The monoisotopic (exact) mass is 286 g/mol. The number of Topliss-reactive ketones (excluding diaryl/α,β-unsaturated/α-hetero) is 1. The second-order valence-electron chi connectivity index (χ2n) is 4.37. The zero-order valence-corrected chi connectivity index (χ0v) is 11.6. The van der Waals surface area contributed by atoms with Crippen LogP contribution in [-0.2, 0) is 0 Å². The Morgan fingerprint density at radius 2 is 1.90 bits per heavy atom. The minimum absolute atomic E-state index is 0.116. The van der Waals surface area contributed by atoms with Crippen molar-refractivity contribution in [2.45, 2.75) is 6.92 Å². The fourth-order valence-corrected chi connectivity index (χ4v) is 1.94. The minimum atomic E-state index is -0.499. The van der Waals surface area contributed by atoms with Crippen LogP contribution >= 0.6 is 0 Å². The number of anilines is 2. The van der Waals surface area contributed by atoms with Gasteiger partial charge in [0.1, 0.15) is 11.4 Å². The highest BCUT2D eigenvalue weighted by Crippen LogP contribution is 2.32. The third kappa shape index (κ3) is 3.17. The maximum Gasteiger partial charge on any atom is 0.296 e. The van der Waals surface area contributed by atoms with Crippen LogP contribution in [0.15, 0.2) is 42.5 Å². The van der Waals surface area contributed by atoms with Crippen LogP contribution in [0, 0.1) is 10.1 Å². The van der Waals surface area contributed by atoms with Gasteiger partial charge in [-0.2, -0.15) is 0 Å². The van der Waals surface area contributed by atoms with Crippen molar-refractivity contribution >= 4 is 22.8 Å². The molecular formula is C15H14N2O4. The van der Waals surface area contributed by atoms with Crippen LogP contribution in [0.25, 0.3) is 0 Å². The summed E-state index contributed by atoms with van der Waals surface area (Å²) in [5, 5.41) is 14.1. The first kappa shape index (κ1) is 14.5. The molecule has 0 saturated carbocycles. The van der Waals surface area contributed by atoms with E-state index in [0.717, 1.165) is 0 Å². The molecule has 21 heavy (non-hydrogen) atoms. The lowest BCUT2D eigenvalue weighted by Gasteiger charge is -2.11. The Morgan fingerprint density at radius 1 is 1.19 bits per heavy atom. The number of benzene rings is 2. The van der Waals surface area contributed by atoms with E-state index in [2.05, 4.69) is 5.32 Å². The number of carbonyl (C=O) groups excluding carboxylic acids is 1. The molecule has 0 amide bonds. The lowest BCUT2D eigenvalue weighted by Crippen LogP contribution is -2.02. The van der Waals surface area contributed by atoms with Gasteiger partial charge in [-0.3, -0.25) is 14.9 Å². The molecule has 0 heterocycles. The third-order valence-electron chi connectivity index (χ3n) is 2.98. The number of nitro benzene ring substituents is 1. The fraction of sp³-hybridized carbons (Fsp3) is 0.133. The van der Waals surface area contributed by atoms with Crippen LogP contribution in [0.1, 0.15) is 17.3 Å². The topological polar surface area (TPSA) is 81.5 Å². The van der Waals surface area contributed by atoms with E-state index in [1.54, 1.807) is 36.4 Å². The van der Waals surface area contributed by atoms with E-state index in [1.165, 1.54) is 20.1 Å². The highest BCUT2D eigenvalue weighted by atomic mass is 16.6. The summed E-state index contributed by atoms with van der Waals surface area (Å²) in [6.45, 7) is 1.45. The molecule has 1 N–H and O–H groups in total. The molecule has 2 aromatic carbocycles.